The fourth-order valence-electron chi connectivity index (χ4n) is 1.08. The molecule has 13 heavy (non-hydrogen) atoms. The molecule has 0 spiro atoms. The Kier molecular flexibility index (Phi) is 3.67. The largest absolute Gasteiger partial charge is 0.207 e. The SMILES string of the molecule is C=C(CC)c1ccc(CBr)c(F)c1. The summed E-state index contributed by atoms with van der Waals surface area (Å²) in [6.07, 6.45) is 0.854. The third-order valence-electron chi connectivity index (χ3n) is 2.03. The first-order valence-corrected chi connectivity index (χ1v) is 5.33. The summed E-state index contributed by atoms with van der Waals surface area (Å²) in [4.78, 5) is 0. The van der Waals surface area contributed by atoms with Gasteiger partial charge in [0.15, 0.2) is 0 Å². The Morgan fingerprint density at radius 2 is 2.23 bits per heavy atom. The number of hydrogen-bond donors (Lipinski definition) is 0. The van der Waals surface area contributed by atoms with E-state index in [0.29, 0.717) is 10.9 Å². The Balaban J connectivity index is 3.02. The molecule has 0 unspecified atom stereocenters. The summed E-state index contributed by atoms with van der Waals surface area (Å²) in [7, 11) is 0. The molecular formula is C11H12BrF. The van der Waals surface area contributed by atoms with Crippen LogP contribution in [0, 0.1) is 5.82 Å². The standard InChI is InChI=1S/C11H12BrF/c1-3-8(2)9-4-5-10(7-12)11(13)6-9/h4-6H,2-3,7H2,1H3. The Morgan fingerprint density at radius 3 is 2.69 bits per heavy atom. The van der Waals surface area contributed by atoms with Crippen LogP contribution in [0.25, 0.3) is 5.57 Å². The summed E-state index contributed by atoms with van der Waals surface area (Å²) in [5.74, 6) is -0.163. The van der Waals surface area contributed by atoms with Crippen LogP contribution in [0.3, 0.4) is 0 Å². The van der Waals surface area contributed by atoms with Gasteiger partial charge in [-0.05, 0) is 29.2 Å². The zero-order chi connectivity index (χ0) is 9.84. The molecule has 0 fully saturated rings. The molecule has 70 valence electrons. The van der Waals surface area contributed by atoms with Crippen molar-refractivity contribution in [1.82, 2.24) is 0 Å². The first-order valence-electron chi connectivity index (χ1n) is 4.21. The van der Waals surface area contributed by atoms with E-state index >= 15 is 0 Å². The Hall–Kier alpha value is -0.630. The van der Waals surface area contributed by atoms with Crippen molar-refractivity contribution in [2.75, 3.05) is 0 Å². The molecule has 0 aliphatic carbocycles. The van der Waals surface area contributed by atoms with E-state index in [-0.39, 0.29) is 5.82 Å². The molecule has 0 saturated heterocycles. The molecule has 0 aliphatic heterocycles. The predicted octanol–water partition coefficient (Wildman–Crippen LogP) is 4.14. The first kappa shape index (κ1) is 10.5. The molecule has 0 N–H and O–H groups in total. The highest BCUT2D eigenvalue weighted by atomic mass is 79.9. The van der Waals surface area contributed by atoms with Crippen molar-refractivity contribution in [3.8, 4) is 0 Å². The van der Waals surface area contributed by atoms with Crippen LogP contribution < -0.4 is 0 Å². The quantitative estimate of drug-likeness (QED) is 0.700. The minimum Gasteiger partial charge on any atom is -0.207 e. The molecule has 0 aromatic heterocycles. The van der Waals surface area contributed by atoms with Crippen LogP contribution in [-0.2, 0) is 5.33 Å². The van der Waals surface area contributed by atoms with Gasteiger partial charge in [0.25, 0.3) is 0 Å². The third-order valence-corrected chi connectivity index (χ3v) is 2.64. The maximum Gasteiger partial charge on any atom is 0.127 e. The van der Waals surface area contributed by atoms with Crippen molar-refractivity contribution in [3.63, 3.8) is 0 Å². The molecule has 0 nitrogen and oxygen atoms in total. The molecule has 0 saturated carbocycles. The Labute approximate surface area is 86.6 Å². The van der Waals surface area contributed by atoms with Crippen molar-refractivity contribution in [1.29, 1.82) is 0 Å². The summed E-state index contributed by atoms with van der Waals surface area (Å²) >= 11 is 3.22. The Morgan fingerprint density at radius 1 is 1.54 bits per heavy atom. The smallest absolute Gasteiger partial charge is 0.127 e. The lowest BCUT2D eigenvalue weighted by molar-refractivity contribution is 0.617. The monoisotopic (exact) mass is 242 g/mol. The fourth-order valence-corrected chi connectivity index (χ4v) is 1.53. The molecule has 0 atom stereocenters. The second-order valence-electron chi connectivity index (χ2n) is 2.90. The summed E-state index contributed by atoms with van der Waals surface area (Å²) in [5, 5.41) is 0.553. The predicted molar refractivity (Wildman–Crippen MR) is 58.4 cm³/mol. The topological polar surface area (TPSA) is 0 Å². The number of alkyl halides is 1. The van der Waals surface area contributed by atoms with Crippen molar-refractivity contribution >= 4 is 21.5 Å². The number of allylic oxidation sites excluding steroid dienone is 1. The maximum absolute atomic E-state index is 13.3. The van der Waals surface area contributed by atoms with Crippen LogP contribution in [0.4, 0.5) is 4.39 Å². The van der Waals surface area contributed by atoms with Gasteiger partial charge < -0.3 is 0 Å². The number of hydrogen-bond acceptors (Lipinski definition) is 0. The fraction of sp³-hybridized carbons (Fsp3) is 0.273. The molecule has 0 amide bonds. The van der Waals surface area contributed by atoms with Gasteiger partial charge in [-0.15, -0.1) is 0 Å². The summed E-state index contributed by atoms with van der Waals surface area (Å²) < 4.78 is 13.3. The van der Waals surface area contributed by atoms with Gasteiger partial charge in [0, 0.05) is 5.33 Å². The minimum absolute atomic E-state index is 0.163. The minimum atomic E-state index is -0.163. The lowest BCUT2D eigenvalue weighted by Crippen LogP contribution is -1.89. The van der Waals surface area contributed by atoms with Crippen molar-refractivity contribution < 1.29 is 4.39 Å². The van der Waals surface area contributed by atoms with Crippen LogP contribution in [0.15, 0.2) is 24.8 Å². The van der Waals surface area contributed by atoms with Crippen molar-refractivity contribution in [2.45, 2.75) is 18.7 Å². The first-order chi connectivity index (χ1) is 6.19. The van der Waals surface area contributed by atoms with Crippen LogP contribution >= 0.6 is 15.9 Å². The van der Waals surface area contributed by atoms with Gasteiger partial charge in [-0.1, -0.05) is 41.6 Å². The summed E-state index contributed by atoms with van der Waals surface area (Å²) in [5.41, 5.74) is 2.55. The lowest BCUT2D eigenvalue weighted by atomic mass is 10.0. The molecule has 1 aromatic rings. The van der Waals surface area contributed by atoms with E-state index in [1.165, 1.54) is 0 Å². The van der Waals surface area contributed by atoms with Gasteiger partial charge in [-0.25, -0.2) is 4.39 Å². The molecule has 1 aromatic carbocycles. The molecule has 1 rings (SSSR count). The van der Waals surface area contributed by atoms with E-state index in [4.69, 9.17) is 0 Å². The highest BCUT2D eigenvalue weighted by molar-refractivity contribution is 9.08. The average molecular weight is 243 g/mol. The Bertz CT molecular complexity index is 318. The summed E-state index contributed by atoms with van der Waals surface area (Å²) in [6, 6.07) is 5.24. The van der Waals surface area contributed by atoms with Gasteiger partial charge in [-0.3, -0.25) is 0 Å². The van der Waals surface area contributed by atoms with E-state index in [2.05, 4.69) is 22.5 Å². The molecule has 0 aliphatic rings. The average Bonchev–Trinajstić information content (AvgIpc) is 2.16. The zero-order valence-corrected chi connectivity index (χ0v) is 9.20. The number of rotatable bonds is 3. The van der Waals surface area contributed by atoms with Gasteiger partial charge in [0.2, 0.25) is 0 Å². The van der Waals surface area contributed by atoms with Crippen LogP contribution in [-0.4, -0.2) is 0 Å². The molecule has 0 heterocycles. The molecule has 2 heteroatoms. The maximum atomic E-state index is 13.3. The van der Waals surface area contributed by atoms with E-state index < -0.39 is 0 Å². The van der Waals surface area contributed by atoms with Crippen LogP contribution in [0.1, 0.15) is 24.5 Å². The van der Waals surface area contributed by atoms with Crippen molar-refractivity contribution in [3.05, 3.63) is 41.7 Å². The van der Waals surface area contributed by atoms with E-state index in [1.807, 2.05) is 13.0 Å². The van der Waals surface area contributed by atoms with Gasteiger partial charge in [-0.2, -0.15) is 0 Å². The number of halogens is 2. The molecule has 0 bridgehead atoms. The van der Waals surface area contributed by atoms with Gasteiger partial charge in [0.1, 0.15) is 5.82 Å². The highest BCUT2D eigenvalue weighted by Crippen LogP contribution is 2.20. The van der Waals surface area contributed by atoms with Crippen molar-refractivity contribution in [2.24, 2.45) is 0 Å². The van der Waals surface area contributed by atoms with Crippen LogP contribution in [0.5, 0.6) is 0 Å². The van der Waals surface area contributed by atoms with Gasteiger partial charge >= 0.3 is 0 Å². The van der Waals surface area contributed by atoms with E-state index in [9.17, 15) is 4.39 Å². The normalized spacial score (nSPS) is 10.1. The van der Waals surface area contributed by atoms with E-state index in [0.717, 1.165) is 17.6 Å². The third kappa shape index (κ3) is 2.41. The number of benzene rings is 1. The molecular weight excluding hydrogens is 231 g/mol. The van der Waals surface area contributed by atoms with E-state index in [1.54, 1.807) is 12.1 Å². The van der Waals surface area contributed by atoms with Gasteiger partial charge in [0.05, 0.1) is 0 Å². The zero-order valence-electron chi connectivity index (χ0n) is 7.61. The summed E-state index contributed by atoms with van der Waals surface area (Å²) in [6.45, 7) is 5.87. The second-order valence-corrected chi connectivity index (χ2v) is 3.46. The van der Waals surface area contributed by atoms with Crippen LogP contribution in [0.2, 0.25) is 0 Å². The highest BCUT2D eigenvalue weighted by Gasteiger charge is 2.03. The molecule has 0 radical (unpaired) electrons. The second kappa shape index (κ2) is 4.56. The lowest BCUT2D eigenvalue weighted by Gasteiger charge is -2.04.